The molecule has 4 nitrogen and oxygen atoms in total. The number of benzene rings is 1. The molecular formula is C14H20ClN3O. The zero-order chi connectivity index (χ0) is 13.8. The number of halogens is 1. The molecule has 1 unspecified atom stereocenters. The van der Waals surface area contributed by atoms with E-state index in [-0.39, 0.29) is 17.9 Å². The lowest BCUT2D eigenvalue weighted by molar-refractivity contribution is -0.126. The minimum atomic E-state index is 0.0886. The molecule has 1 amide bonds. The van der Waals surface area contributed by atoms with Crippen molar-refractivity contribution in [3.05, 3.63) is 34.9 Å². The van der Waals surface area contributed by atoms with E-state index < -0.39 is 0 Å². The smallest absolute Gasteiger partial charge is 0.225 e. The molecule has 2 rings (SSSR count). The molecule has 19 heavy (non-hydrogen) atoms. The number of nitrogens with zero attached hydrogens (tertiary/aromatic N) is 1. The van der Waals surface area contributed by atoms with Crippen molar-refractivity contribution in [1.82, 2.24) is 15.5 Å². The highest BCUT2D eigenvalue weighted by Gasteiger charge is 2.26. The number of likely N-dealkylation sites (N-methyl/N-ethyl adjacent to an activating group) is 1. The molecule has 0 spiro atoms. The molecule has 2 N–H and O–H groups in total. The number of hydrogen-bond acceptors (Lipinski definition) is 3. The molecular weight excluding hydrogens is 262 g/mol. The van der Waals surface area contributed by atoms with E-state index in [1.165, 1.54) is 0 Å². The van der Waals surface area contributed by atoms with Crippen molar-refractivity contribution < 1.29 is 4.79 Å². The topological polar surface area (TPSA) is 44.4 Å². The van der Waals surface area contributed by atoms with Gasteiger partial charge in [-0.05, 0) is 25.7 Å². The van der Waals surface area contributed by atoms with Crippen molar-refractivity contribution in [3.63, 3.8) is 0 Å². The van der Waals surface area contributed by atoms with Crippen LogP contribution in [-0.4, -0.2) is 44.5 Å². The second-order valence-electron chi connectivity index (χ2n) is 5.10. The largest absolute Gasteiger partial charge is 0.354 e. The predicted octanol–water partition coefficient (Wildman–Crippen LogP) is 1.28. The molecule has 1 aliphatic rings. The Hall–Kier alpha value is -1.10. The Bertz CT molecular complexity index is 446. The predicted molar refractivity (Wildman–Crippen MR) is 77.2 cm³/mol. The molecule has 0 aliphatic carbocycles. The van der Waals surface area contributed by atoms with Crippen LogP contribution in [0.25, 0.3) is 0 Å². The SMILES string of the molecule is CN(C)C(CNC(=O)C1CNC1)c1ccccc1Cl. The third kappa shape index (κ3) is 3.47. The first-order valence-corrected chi connectivity index (χ1v) is 6.86. The highest BCUT2D eigenvalue weighted by Crippen LogP contribution is 2.25. The maximum absolute atomic E-state index is 11.9. The molecule has 0 aromatic heterocycles. The maximum Gasteiger partial charge on any atom is 0.225 e. The van der Waals surface area contributed by atoms with Gasteiger partial charge in [-0.15, -0.1) is 0 Å². The zero-order valence-electron chi connectivity index (χ0n) is 11.3. The minimum absolute atomic E-state index is 0.0886. The van der Waals surface area contributed by atoms with Crippen LogP contribution in [-0.2, 0) is 4.79 Å². The van der Waals surface area contributed by atoms with Crippen LogP contribution in [0.2, 0.25) is 5.02 Å². The van der Waals surface area contributed by atoms with Gasteiger partial charge in [0.05, 0.1) is 12.0 Å². The third-order valence-corrected chi connectivity index (χ3v) is 3.85. The number of nitrogens with one attached hydrogen (secondary N) is 2. The lowest BCUT2D eigenvalue weighted by Crippen LogP contribution is -2.51. The van der Waals surface area contributed by atoms with Gasteiger partial charge in [0, 0.05) is 24.7 Å². The standard InChI is InChI=1S/C14H20ClN3O/c1-18(2)13(11-5-3-4-6-12(11)15)9-17-14(19)10-7-16-8-10/h3-6,10,13,16H,7-9H2,1-2H3,(H,17,19). The van der Waals surface area contributed by atoms with E-state index in [1.807, 2.05) is 38.4 Å². The fourth-order valence-electron chi connectivity index (χ4n) is 2.13. The number of carbonyl (C=O) groups is 1. The van der Waals surface area contributed by atoms with Crippen LogP contribution >= 0.6 is 11.6 Å². The molecule has 1 saturated heterocycles. The molecule has 104 valence electrons. The summed E-state index contributed by atoms with van der Waals surface area (Å²) in [5.74, 6) is 0.242. The molecule has 1 fully saturated rings. The second-order valence-corrected chi connectivity index (χ2v) is 5.51. The number of rotatable bonds is 5. The Labute approximate surface area is 119 Å². The second kappa shape index (κ2) is 6.37. The van der Waals surface area contributed by atoms with Gasteiger partial charge in [-0.25, -0.2) is 0 Å². The van der Waals surface area contributed by atoms with E-state index in [0.717, 1.165) is 23.7 Å². The Morgan fingerprint density at radius 3 is 2.68 bits per heavy atom. The molecule has 1 aromatic carbocycles. The summed E-state index contributed by atoms with van der Waals surface area (Å²) >= 11 is 6.23. The summed E-state index contributed by atoms with van der Waals surface area (Å²) in [5, 5.41) is 6.85. The van der Waals surface area contributed by atoms with E-state index in [4.69, 9.17) is 11.6 Å². The molecule has 1 aromatic rings. The lowest BCUT2D eigenvalue weighted by atomic mass is 10.0. The summed E-state index contributed by atoms with van der Waals surface area (Å²) in [6, 6.07) is 7.85. The van der Waals surface area contributed by atoms with Gasteiger partial charge in [-0.1, -0.05) is 29.8 Å². The Balaban J connectivity index is 2.00. The first-order chi connectivity index (χ1) is 9.09. The summed E-state index contributed by atoms with van der Waals surface area (Å²) in [6.45, 7) is 2.14. The maximum atomic E-state index is 11.9. The van der Waals surface area contributed by atoms with E-state index in [1.54, 1.807) is 0 Å². The van der Waals surface area contributed by atoms with E-state index in [2.05, 4.69) is 15.5 Å². The average Bonchev–Trinajstić information content (AvgIpc) is 2.29. The molecule has 0 saturated carbocycles. The van der Waals surface area contributed by atoms with Crippen molar-refractivity contribution in [3.8, 4) is 0 Å². The lowest BCUT2D eigenvalue weighted by Gasteiger charge is -2.29. The van der Waals surface area contributed by atoms with Crippen molar-refractivity contribution in [2.75, 3.05) is 33.7 Å². The van der Waals surface area contributed by atoms with Gasteiger partial charge in [0.25, 0.3) is 0 Å². The van der Waals surface area contributed by atoms with Crippen LogP contribution in [0.15, 0.2) is 24.3 Å². The molecule has 1 heterocycles. The van der Waals surface area contributed by atoms with Crippen LogP contribution in [0.4, 0.5) is 0 Å². The monoisotopic (exact) mass is 281 g/mol. The highest BCUT2D eigenvalue weighted by atomic mass is 35.5. The van der Waals surface area contributed by atoms with Gasteiger partial charge < -0.3 is 15.5 Å². The van der Waals surface area contributed by atoms with E-state index in [0.29, 0.717) is 6.54 Å². The van der Waals surface area contributed by atoms with Crippen molar-refractivity contribution in [1.29, 1.82) is 0 Å². The fraction of sp³-hybridized carbons (Fsp3) is 0.500. The Kier molecular flexibility index (Phi) is 4.80. The highest BCUT2D eigenvalue weighted by molar-refractivity contribution is 6.31. The fourth-order valence-corrected chi connectivity index (χ4v) is 2.39. The summed E-state index contributed by atoms with van der Waals surface area (Å²) in [6.07, 6.45) is 0. The van der Waals surface area contributed by atoms with Crippen LogP contribution in [0.5, 0.6) is 0 Å². The van der Waals surface area contributed by atoms with Crippen LogP contribution < -0.4 is 10.6 Å². The minimum Gasteiger partial charge on any atom is -0.354 e. The van der Waals surface area contributed by atoms with Crippen molar-refractivity contribution >= 4 is 17.5 Å². The first-order valence-electron chi connectivity index (χ1n) is 6.49. The summed E-state index contributed by atoms with van der Waals surface area (Å²) in [4.78, 5) is 13.9. The first kappa shape index (κ1) is 14.3. The van der Waals surface area contributed by atoms with E-state index >= 15 is 0 Å². The average molecular weight is 282 g/mol. The molecule has 1 aliphatic heterocycles. The summed E-state index contributed by atoms with van der Waals surface area (Å²) in [5.41, 5.74) is 1.04. The third-order valence-electron chi connectivity index (χ3n) is 3.51. The molecule has 0 radical (unpaired) electrons. The van der Waals surface area contributed by atoms with Crippen molar-refractivity contribution in [2.24, 2.45) is 5.92 Å². The molecule has 5 heteroatoms. The Morgan fingerprint density at radius 1 is 1.47 bits per heavy atom. The van der Waals surface area contributed by atoms with Gasteiger partial charge in [0.2, 0.25) is 5.91 Å². The van der Waals surface area contributed by atoms with Gasteiger partial charge in [0.15, 0.2) is 0 Å². The normalized spacial score (nSPS) is 17.1. The van der Waals surface area contributed by atoms with Crippen LogP contribution in [0, 0.1) is 5.92 Å². The zero-order valence-corrected chi connectivity index (χ0v) is 12.1. The number of carbonyl (C=O) groups excluding carboxylic acids is 1. The number of amides is 1. The van der Waals surface area contributed by atoms with Gasteiger partial charge >= 0.3 is 0 Å². The van der Waals surface area contributed by atoms with E-state index in [9.17, 15) is 4.79 Å². The van der Waals surface area contributed by atoms with Gasteiger partial charge in [0.1, 0.15) is 0 Å². The molecule has 1 atom stereocenters. The summed E-state index contributed by atoms with van der Waals surface area (Å²) in [7, 11) is 3.98. The Morgan fingerprint density at radius 2 is 2.16 bits per heavy atom. The van der Waals surface area contributed by atoms with Gasteiger partial charge in [-0.2, -0.15) is 0 Å². The van der Waals surface area contributed by atoms with Gasteiger partial charge in [-0.3, -0.25) is 4.79 Å². The van der Waals surface area contributed by atoms with Crippen LogP contribution in [0.1, 0.15) is 11.6 Å². The number of hydrogen-bond donors (Lipinski definition) is 2. The van der Waals surface area contributed by atoms with Crippen LogP contribution in [0.3, 0.4) is 0 Å². The quantitative estimate of drug-likeness (QED) is 0.855. The molecule has 0 bridgehead atoms. The summed E-state index contributed by atoms with van der Waals surface area (Å²) < 4.78 is 0. The van der Waals surface area contributed by atoms with Crippen molar-refractivity contribution in [2.45, 2.75) is 6.04 Å².